The molecule has 3 heteroatoms. The van der Waals surface area contributed by atoms with Crippen molar-refractivity contribution in [2.75, 3.05) is 20.2 Å². The van der Waals surface area contributed by atoms with Gasteiger partial charge < -0.3 is 10.0 Å². The van der Waals surface area contributed by atoms with Crippen molar-refractivity contribution in [3.8, 4) is 11.8 Å². The van der Waals surface area contributed by atoms with Crippen LogP contribution in [0.2, 0.25) is 0 Å². The topological polar surface area (TPSA) is 23.5 Å². The average Bonchev–Trinajstić information content (AvgIpc) is 2.33. The van der Waals surface area contributed by atoms with Gasteiger partial charge in [0, 0.05) is 25.1 Å². The lowest BCUT2D eigenvalue weighted by Gasteiger charge is -2.30. The first-order valence-corrected chi connectivity index (χ1v) is 7.25. The summed E-state index contributed by atoms with van der Waals surface area (Å²) in [5.41, 5.74) is 1.64. The van der Waals surface area contributed by atoms with Gasteiger partial charge in [0.25, 0.3) is 0 Å². The summed E-state index contributed by atoms with van der Waals surface area (Å²) in [4.78, 5) is 2.25. The smallest absolute Gasteiger partial charge is 0.124 e. The van der Waals surface area contributed by atoms with Gasteiger partial charge >= 0.3 is 0 Å². The Labute approximate surface area is 120 Å². The van der Waals surface area contributed by atoms with Crippen LogP contribution in [0.15, 0.2) is 18.2 Å². The molecule has 0 aliphatic heterocycles. The zero-order valence-corrected chi connectivity index (χ0v) is 12.0. The van der Waals surface area contributed by atoms with Gasteiger partial charge in [-0.15, -0.1) is 0 Å². The highest BCUT2D eigenvalue weighted by molar-refractivity contribution is 5.37. The second kappa shape index (κ2) is 7.42. The molecule has 1 aliphatic carbocycles. The van der Waals surface area contributed by atoms with Crippen LogP contribution in [0.5, 0.6) is 0 Å². The number of aliphatic hydroxyl groups is 1. The molecule has 0 spiro atoms. The predicted octanol–water partition coefficient (Wildman–Crippen LogP) is 2.79. The molecular formula is C17H22FNO. The highest BCUT2D eigenvalue weighted by atomic mass is 19.1. The van der Waals surface area contributed by atoms with E-state index in [1.165, 1.54) is 25.3 Å². The Morgan fingerprint density at radius 1 is 1.35 bits per heavy atom. The monoisotopic (exact) mass is 275 g/mol. The van der Waals surface area contributed by atoms with Crippen LogP contribution in [-0.2, 0) is 6.54 Å². The first kappa shape index (κ1) is 15.0. The molecule has 1 aromatic rings. The Morgan fingerprint density at radius 3 is 2.80 bits per heavy atom. The molecule has 2 nitrogen and oxygen atoms in total. The molecule has 0 bridgehead atoms. The number of benzene rings is 1. The van der Waals surface area contributed by atoms with Gasteiger partial charge in [-0.05, 0) is 49.6 Å². The highest BCUT2D eigenvalue weighted by Gasteiger charge is 2.19. The zero-order valence-electron chi connectivity index (χ0n) is 12.0. The van der Waals surface area contributed by atoms with Crippen LogP contribution in [0.3, 0.4) is 0 Å². The molecule has 1 aliphatic rings. The van der Waals surface area contributed by atoms with Gasteiger partial charge in [-0.2, -0.15) is 0 Å². The molecule has 20 heavy (non-hydrogen) atoms. The van der Waals surface area contributed by atoms with Crippen LogP contribution in [0, 0.1) is 23.6 Å². The summed E-state index contributed by atoms with van der Waals surface area (Å²) in [6.45, 7) is 1.88. The van der Waals surface area contributed by atoms with Crippen LogP contribution in [-0.4, -0.2) is 30.2 Å². The van der Waals surface area contributed by atoms with Crippen molar-refractivity contribution in [2.45, 2.75) is 32.2 Å². The third-order valence-electron chi connectivity index (χ3n) is 3.67. The zero-order chi connectivity index (χ0) is 14.4. The molecule has 1 aromatic carbocycles. The van der Waals surface area contributed by atoms with Crippen molar-refractivity contribution in [2.24, 2.45) is 5.92 Å². The third-order valence-corrected chi connectivity index (χ3v) is 3.67. The van der Waals surface area contributed by atoms with E-state index in [1.807, 2.05) is 6.07 Å². The van der Waals surface area contributed by atoms with E-state index in [0.29, 0.717) is 12.0 Å². The fourth-order valence-electron chi connectivity index (χ4n) is 2.53. The van der Waals surface area contributed by atoms with Gasteiger partial charge in [0.15, 0.2) is 0 Å². The number of hydrogen-bond donors (Lipinski definition) is 1. The van der Waals surface area contributed by atoms with E-state index < -0.39 is 0 Å². The molecule has 0 radical (unpaired) electrons. The maximum absolute atomic E-state index is 13.6. The molecule has 0 aromatic heterocycles. The van der Waals surface area contributed by atoms with E-state index in [9.17, 15) is 4.39 Å². The molecule has 1 saturated carbocycles. The van der Waals surface area contributed by atoms with Crippen molar-refractivity contribution in [1.29, 1.82) is 0 Å². The second-order valence-electron chi connectivity index (χ2n) is 5.62. The van der Waals surface area contributed by atoms with Gasteiger partial charge in [-0.1, -0.05) is 18.3 Å². The van der Waals surface area contributed by atoms with Gasteiger partial charge in [0.2, 0.25) is 0 Å². The lowest BCUT2D eigenvalue weighted by atomic mass is 9.85. The van der Waals surface area contributed by atoms with Crippen LogP contribution < -0.4 is 0 Å². The van der Waals surface area contributed by atoms with Crippen LogP contribution in [0.4, 0.5) is 4.39 Å². The molecule has 0 unspecified atom stereocenters. The van der Waals surface area contributed by atoms with E-state index in [1.54, 1.807) is 6.07 Å². The standard InChI is InChI=1S/C17H22FNO/c1-19(12-14-6-4-7-14)13-16-9-15(5-2-3-8-20)10-17(18)11-16/h9-11,14,20H,3-4,6-8,12-13H2,1H3. The molecule has 0 saturated heterocycles. The summed E-state index contributed by atoms with van der Waals surface area (Å²) in [6, 6.07) is 4.96. The maximum Gasteiger partial charge on any atom is 0.124 e. The summed E-state index contributed by atoms with van der Waals surface area (Å²) in [5, 5.41) is 8.70. The largest absolute Gasteiger partial charge is 0.395 e. The minimum atomic E-state index is -0.243. The quantitative estimate of drug-likeness (QED) is 0.835. The van der Waals surface area contributed by atoms with Gasteiger partial charge in [-0.3, -0.25) is 0 Å². The fourth-order valence-corrected chi connectivity index (χ4v) is 2.53. The van der Waals surface area contributed by atoms with Crippen LogP contribution >= 0.6 is 0 Å². The Kier molecular flexibility index (Phi) is 5.58. The molecule has 1 N–H and O–H groups in total. The SMILES string of the molecule is CN(Cc1cc(F)cc(C#CCCO)c1)CC1CCC1. The van der Waals surface area contributed by atoms with E-state index in [0.717, 1.165) is 24.6 Å². The van der Waals surface area contributed by atoms with Gasteiger partial charge in [0.05, 0.1) is 6.61 Å². The summed E-state index contributed by atoms with van der Waals surface area (Å²) >= 11 is 0. The summed E-state index contributed by atoms with van der Waals surface area (Å²) in [5.74, 6) is 6.30. The number of hydrogen-bond acceptors (Lipinski definition) is 2. The Bertz CT molecular complexity index is 499. The summed E-state index contributed by atoms with van der Waals surface area (Å²) in [6.07, 6.45) is 4.42. The maximum atomic E-state index is 13.6. The second-order valence-corrected chi connectivity index (χ2v) is 5.62. The summed E-state index contributed by atoms with van der Waals surface area (Å²) in [7, 11) is 2.08. The van der Waals surface area contributed by atoms with Crippen molar-refractivity contribution in [3.63, 3.8) is 0 Å². The summed E-state index contributed by atoms with van der Waals surface area (Å²) < 4.78 is 13.6. The van der Waals surface area contributed by atoms with Crippen molar-refractivity contribution < 1.29 is 9.50 Å². The van der Waals surface area contributed by atoms with Crippen LogP contribution in [0.1, 0.15) is 36.8 Å². The minimum absolute atomic E-state index is 0.0410. The lowest BCUT2D eigenvalue weighted by Crippen LogP contribution is -2.29. The number of nitrogens with zero attached hydrogens (tertiary/aromatic N) is 1. The third kappa shape index (κ3) is 4.63. The molecule has 0 heterocycles. The molecule has 0 atom stereocenters. The molecule has 1 fully saturated rings. The van der Waals surface area contributed by atoms with E-state index in [2.05, 4.69) is 23.8 Å². The lowest BCUT2D eigenvalue weighted by molar-refractivity contribution is 0.200. The number of halogens is 1. The Morgan fingerprint density at radius 2 is 2.15 bits per heavy atom. The van der Waals surface area contributed by atoms with Crippen molar-refractivity contribution in [1.82, 2.24) is 4.90 Å². The molecular weight excluding hydrogens is 253 g/mol. The first-order valence-electron chi connectivity index (χ1n) is 7.25. The number of rotatable bonds is 5. The first-order chi connectivity index (χ1) is 9.67. The van der Waals surface area contributed by atoms with E-state index >= 15 is 0 Å². The highest BCUT2D eigenvalue weighted by Crippen LogP contribution is 2.27. The predicted molar refractivity (Wildman–Crippen MR) is 78.7 cm³/mol. The molecule has 2 rings (SSSR count). The minimum Gasteiger partial charge on any atom is -0.395 e. The molecule has 108 valence electrons. The van der Waals surface area contributed by atoms with E-state index in [4.69, 9.17) is 5.11 Å². The Balaban J connectivity index is 1.97. The Hall–Kier alpha value is -1.37. The fraction of sp³-hybridized carbons (Fsp3) is 0.529. The number of aliphatic hydroxyl groups excluding tert-OH is 1. The van der Waals surface area contributed by atoms with Gasteiger partial charge in [-0.25, -0.2) is 4.39 Å². The van der Waals surface area contributed by atoms with E-state index in [-0.39, 0.29) is 12.4 Å². The van der Waals surface area contributed by atoms with Crippen LogP contribution in [0.25, 0.3) is 0 Å². The van der Waals surface area contributed by atoms with Gasteiger partial charge in [0.1, 0.15) is 5.82 Å². The normalized spacial score (nSPS) is 14.8. The molecule has 0 amide bonds. The van der Waals surface area contributed by atoms with Crippen molar-refractivity contribution in [3.05, 3.63) is 35.1 Å². The average molecular weight is 275 g/mol. The van der Waals surface area contributed by atoms with Crippen molar-refractivity contribution >= 4 is 0 Å².